The first-order valence-electron chi connectivity index (χ1n) is 7.61. The average Bonchev–Trinajstić information content (AvgIpc) is 2.65. The second kappa shape index (κ2) is 6.92. The van der Waals surface area contributed by atoms with Crippen molar-refractivity contribution in [1.29, 1.82) is 0 Å². The van der Waals surface area contributed by atoms with E-state index in [1.807, 2.05) is 14.0 Å². The highest BCUT2D eigenvalue weighted by Crippen LogP contribution is 2.23. The predicted molar refractivity (Wildman–Crippen MR) is 84.1 cm³/mol. The van der Waals surface area contributed by atoms with Gasteiger partial charge in [-0.1, -0.05) is 11.6 Å². The van der Waals surface area contributed by atoms with E-state index in [4.69, 9.17) is 11.6 Å². The Hall–Kier alpha value is -0.580. The number of hydrogen-bond acceptors (Lipinski definition) is 3. The molecule has 4 nitrogen and oxygen atoms in total. The molecule has 0 spiro atoms. The maximum Gasteiger partial charge on any atom is 0.131 e. The molecular formula is C15H27ClN4. The molecule has 0 bridgehead atoms. The number of aryl methyl sites for hydroxylation is 2. The van der Waals surface area contributed by atoms with E-state index in [1.165, 1.54) is 24.9 Å². The van der Waals surface area contributed by atoms with Crippen molar-refractivity contribution < 1.29 is 0 Å². The summed E-state index contributed by atoms with van der Waals surface area (Å²) in [6, 6.07) is 0.521. The van der Waals surface area contributed by atoms with E-state index >= 15 is 0 Å². The van der Waals surface area contributed by atoms with Crippen molar-refractivity contribution in [3.8, 4) is 0 Å². The molecular weight excluding hydrogens is 272 g/mol. The molecule has 2 heterocycles. The van der Waals surface area contributed by atoms with Gasteiger partial charge < -0.3 is 5.32 Å². The summed E-state index contributed by atoms with van der Waals surface area (Å²) < 4.78 is 1.77. The summed E-state index contributed by atoms with van der Waals surface area (Å²) in [5, 5.41) is 8.69. The summed E-state index contributed by atoms with van der Waals surface area (Å²) in [4.78, 5) is 2.52. The number of rotatable bonds is 5. The summed E-state index contributed by atoms with van der Waals surface area (Å²) in [5.41, 5.74) is 2.22. The zero-order valence-electron chi connectivity index (χ0n) is 13.1. The first kappa shape index (κ1) is 15.8. The van der Waals surface area contributed by atoms with Gasteiger partial charge in [0.05, 0.1) is 5.69 Å². The van der Waals surface area contributed by atoms with Crippen LogP contribution in [0.5, 0.6) is 0 Å². The van der Waals surface area contributed by atoms with E-state index in [1.54, 1.807) is 4.68 Å². The number of nitrogens with zero attached hydrogens (tertiary/aromatic N) is 3. The minimum absolute atomic E-state index is 0.521. The summed E-state index contributed by atoms with van der Waals surface area (Å²) in [7, 11) is 1.91. The SMILES string of the molecule is Cc1nn(C)c(Cl)c1CN(CC1CCCNC1)C(C)C. The van der Waals surface area contributed by atoms with Gasteiger partial charge in [-0.3, -0.25) is 9.58 Å². The molecule has 1 saturated heterocycles. The highest BCUT2D eigenvalue weighted by Gasteiger charge is 2.21. The quantitative estimate of drug-likeness (QED) is 0.907. The summed E-state index contributed by atoms with van der Waals surface area (Å²) >= 11 is 6.37. The average molecular weight is 299 g/mol. The van der Waals surface area contributed by atoms with Crippen molar-refractivity contribution in [1.82, 2.24) is 20.0 Å². The van der Waals surface area contributed by atoms with E-state index in [0.29, 0.717) is 6.04 Å². The van der Waals surface area contributed by atoms with Crippen molar-refractivity contribution in [3.05, 3.63) is 16.4 Å². The molecule has 0 radical (unpaired) electrons. The number of aromatic nitrogens is 2. The molecule has 1 aromatic heterocycles. The Morgan fingerprint density at radius 2 is 2.25 bits per heavy atom. The Morgan fingerprint density at radius 1 is 1.50 bits per heavy atom. The smallest absolute Gasteiger partial charge is 0.131 e. The van der Waals surface area contributed by atoms with Crippen LogP contribution in [0.4, 0.5) is 0 Å². The van der Waals surface area contributed by atoms with Crippen LogP contribution in [0.15, 0.2) is 0 Å². The van der Waals surface area contributed by atoms with E-state index in [-0.39, 0.29) is 0 Å². The second-order valence-corrected chi connectivity index (χ2v) is 6.57. The Kier molecular flexibility index (Phi) is 5.47. The van der Waals surface area contributed by atoms with Crippen molar-refractivity contribution in [2.24, 2.45) is 13.0 Å². The molecule has 1 unspecified atom stereocenters. The van der Waals surface area contributed by atoms with E-state index in [2.05, 4.69) is 29.2 Å². The lowest BCUT2D eigenvalue weighted by molar-refractivity contribution is 0.163. The molecule has 1 aliphatic rings. The van der Waals surface area contributed by atoms with Gasteiger partial charge in [0.15, 0.2) is 0 Å². The largest absolute Gasteiger partial charge is 0.316 e. The molecule has 2 rings (SSSR count). The number of nitrogens with one attached hydrogen (secondary N) is 1. The molecule has 1 fully saturated rings. The fourth-order valence-corrected chi connectivity index (χ4v) is 3.16. The predicted octanol–water partition coefficient (Wildman–Crippen LogP) is 2.59. The highest BCUT2D eigenvalue weighted by molar-refractivity contribution is 6.30. The molecule has 20 heavy (non-hydrogen) atoms. The molecule has 0 saturated carbocycles. The van der Waals surface area contributed by atoms with Crippen LogP contribution >= 0.6 is 11.6 Å². The first-order valence-corrected chi connectivity index (χ1v) is 7.99. The molecule has 1 N–H and O–H groups in total. The normalized spacial score (nSPS) is 20.1. The van der Waals surface area contributed by atoms with Gasteiger partial charge in [0.2, 0.25) is 0 Å². The van der Waals surface area contributed by atoms with Gasteiger partial charge >= 0.3 is 0 Å². The molecule has 0 amide bonds. The molecule has 114 valence electrons. The van der Waals surface area contributed by atoms with Gasteiger partial charge in [0.1, 0.15) is 5.15 Å². The lowest BCUT2D eigenvalue weighted by Crippen LogP contribution is -2.40. The maximum atomic E-state index is 6.37. The third-order valence-electron chi connectivity index (χ3n) is 4.25. The zero-order chi connectivity index (χ0) is 14.7. The summed E-state index contributed by atoms with van der Waals surface area (Å²) in [6.45, 7) is 10.9. The fraction of sp³-hybridized carbons (Fsp3) is 0.800. The van der Waals surface area contributed by atoms with E-state index in [0.717, 1.165) is 36.4 Å². The lowest BCUT2D eigenvalue weighted by atomic mass is 9.98. The highest BCUT2D eigenvalue weighted by atomic mass is 35.5. The molecule has 0 aromatic carbocycles. The van der Waals surface area contributed by atoms with Crippen LogP contribution in [0.25, 0.3) is 0 Å². The van der Waals surface area contributed by atoms with E-state index in [9.17, 15) is 0 Å². The van der Waals surface area contributed by atoms with Crippen LogP contribution in [-0.4, -0.2) is 40.4 Å². The Balaban J connectivity index is 2.05. The number of piperidine rings is 1. The molecule has 1 atom stereocenters. The van der Waals surface area contributed by atoms with Crippen LogP contribution in [0, 0.1) is 12.8 Å². The maximum absolute atomic E-state index is 6.37. The Labute approximate surface area is 127 Å². The minimum atomic E-state index is 0.521. The van der Waals surface area contributed by atoms with Crippen LogP contribution in [0.1, 0.15) is 37.9 Å². The fourth-order valence-electron chi connectivity index (χ4n) is 2.93. The lowest BCUT2D eigenvalue weighted by Gasteiger charge is -2.32. The van der Waals surface area contributed by atoms with Crippen LogP contribution in [-0.2, 0) is 13.6 Å². The van der Waals surface area contributed by atoms with Crippen LogP contribution in [0.2, 0.25) is 5.15 Å². The van der Waals surface area contributed by atoms with Gasteiger partial charge in [-0.25, -0.2) is 0 Å². The molecule has 1 aliphatic heterocycles. The molecule has 5 heteroatoms. The van der Waals surface area contributed by atoms with Gasteiger partial charge in [-0.15, -0.1) is 0 Å². The first-order chi connectivity index (χ1) is 9.49. The van der Waals surface area contributed by atoms with Crippen molar-refractivity contribution >= 4 is 11.6 Å². The second-order valence-electron chi connectivity index (χ2n) is 6.21. The van der Waals surface area contributed by atoms with Gasteiger partial charge in [0.25, 0.3) is 0 Å². The topological polar surface area (TPSA) is 33.1 Å². The standard InChI is InChI=1S/C15H27ClN4/c1-11(2)20(9-13-6-5-7-17-8-13)10-14-12(3)18-19(4)15(14)16/h11,13,17H,5-10H2,1-4H3. The van der Waals surface area contributed by atoms with Gasteiger partial charge in [-0.05, 0) is 52.6 Å². The van der Waals surface area contributed by atoms with Crippen molar-refractivity contribution in [2.45, 2.75) is 46.2 Å². The zero-order valence-corrected chi connectivity index (χ0v) is 13.9. The Bertz CT molecular complexity index is 435. The molecule has 1 aromatic rings. The van der Waals surface area contributed by atoms with Crippen molar-refractivity contribution in [3.63, 3.8) is 0 Å². The number of halogens is 1. The summed E-state index contributed by atoms with van der Waals surface area (Å²) in [5.74, 6) is 0.752. The number of hydrogen-bond donors (Lipinski definition) is 1. The Morgan fingerprint density at radius 3 is 2.75 bits per heavy atom. The summed E-state index contributed by atoms with van der Waals surface area (Å²) in [6.07, 6.45) is 2.62. The van der Waals surface area contributed by atoms with Crippen LogP contribution < -0.4 is 5.32 Å². The third kappa shape index (κ3) is 3.74. The third-order valence-corrected chi connectivity index (χ3v) is 4.73. The minimum Gasteiger partial charge on any atom is -0.316 e. The monoisotopic (exact) mass is 298 g/mol. The van der Waals surface area contributed by atoms with Gasteiger partial charge in [0, 0.05) is 31.7 Å². The van der Waals surface area contributed by atoms with E-state index < -0.39 is 0 Å². The van der Waals surface area contributed by atoms with Crippen molar-refractivity contribution in [2.75, 3.05) is 19.6 Å². The molecule has 0 aliphatic carbocycles. The van der Waals surface area contributed by atoms with Crippen LogP contribution in [0.3, 0.4) is 0 Å². The van der Waals surface area contributed by atoms with Gasteiger partial charge in [-0.2, -0.15) is 5.10 Å².